The first kappa shape index (κ1) is 16.5. The van der Waals surface area contributed by atoms with Crippen molar-refractivity contribution in [3.05, 3.63) is 63.8 Å². The summed E-state index contributed by atoms with van der Waals surface area (Å²) >= 11 is 6.36. The third kappa shape index (κ3) is 4.07. The summed E-state index contributed by atoms with van der Waals surface area (Å²) in [6, 6.07) is 3.80. The number of rotatable bonds is 7. The van der Waals surface area contributed by atoms with Gasteiger partial charge in [-0.1, -0.05) is 37.4 Å². The maximum atomic E-state index is 11.1. The summed E-state index contributed by atoms with van der Waals surface area (Å²) in [6.45, 7) is 2.67. The lowest BCUT2D eigenvalue weighted by Crippen LogP contribution is -2.36. The van der Waals surface area contributed by atoms with Crippen molar-refractivity contribution in [2.75, 3.05) is 0 Å². The van der Waals surface area contributed by atoms with E-state index < -0.39 is 10.4 Å². The van der Waals surface area contributed by atoms with Gasteiger partial charge in [-0.2, -0.15) is 0 Å². The molecule has 0 N–H and O–H groups in total. The van der Waals surface area contributed by atoms with E-state index in [0.717, 1.165) is 36.9 Å². The second kappa shape index (κ2) is 7.94. The van der Waals surface area contributed by atoms with Gasteiger partial charge in [-0.3, -0.25) is 15.1 Å². The molecule has 118 valence electrons. The Hall–Kier alpha value is -1.88. The van der Waals surface area contributed by atoms with E-state index in [1.54, 1.807) is 12.4 Å². The van der Waals surface area contributed by atoms with Gasteiger partial charge in [-0.25, -0.2) is 0 Å². The molecule has 2 rings (SSSR count). The van der Waals surface area contributed by atoms with Crippen LogP contribution in [0.15, 0.2) is 48.1 Å². The number of unbranched alkanes of at least 4 members (excludes halogenated alkanes) is 2. The van der Waals surface area contributed by atoms with Crippen molar-refractivity contribution in [1.82, 2.24) is 9.88 Å². The second-order valence-corrected chi connectivity index (χ2v) is 5.70. The Kier molecular flexibility index (Phi) is 5.95. The fourth-order valence-corrected chi connectivity index (χ4v) is 2.81. The van der Waals surface area contributed by atoms with Gasteiger partial charge >= 0.3 is 0 Å². The van der Waals surface area contributed by atoms with Gasteiger partial charge in [0.05, 0.1) is 4.92 Å². The van der Waals surface area contributed by atoms with Crippen LogP contribution in [0.2, 0.25) is 0 Å². The summed E-state index contributed by atoms with van der Waals surface area (Å²) in [5.41, 5.74) is 1.30. The molecule has 1 aliphatic heterocycles. The van der Waals surface area contributed by atoms with Crippen LogP contribution < -0.4 is 0 Å². The molecule has 0 saturated heterocycles. The standard InChI is InChI=1S/C16H20ClN3O2/c1-2-3-4-7-14-8-9-15(20(21)22)16(17)19(14)12-13-6-5-10-18-11-13/h5-6,8-11,16H,2-4,7,12H2,1H3. The van der Waals surface area contributed by atoms with Gasteiger partial charge < -0.3 is 4.90 Å². The predicted octanol–water partition coefficient (Wildman–Crippen LogP) is 4.09. The number of nitro groups is 1. The summed E-state index contributed by atoms with van der Waals surface area (Å²) in [7, 11) is 0. The third-order valence-corrected chi connectivity index (χ3v) is 4.12. The average Bonchev–Trinajstić information content (AvgIpc) is 2.51. The van der Waals surface area contributed by atoms with Crippen LogP contribution in [0.25, 0.3) is 0 Å². The number of hydrogen-bond donors (Lipinski definition) is 0. The molecular weight excluding hydrogens is 302 g/mol. The van der Waals surface area contributed by atoms with Crippen LogP contribution in [0.1, 0.15) is 38.2 Å². The topological polar surface area (TPSA) is 59.3 Å². The molecule has 0 saturated carbocycles. The van der Waals surface area contributed by atoms with Gasteiger partial charge in [0.15, 0.2) is 5.50 Å². The summed E-state index contributed by atoms with van der Waals surface area (Å²) in [5.74, 6) is 0. The molecule has 0 spiro atoms. The second-order valence-electron chi connectivity index (χ2n) is 5.29. The largest absolute Gasteiger partial charge is 0.345 e. The SMILES string of the molecule is CCCCCC1=CC=C([N+](=O)[O-])C(Cl)N1Cc1cccnc1. The Morgan fingerprint density at radius 3 is 2.86 bits per heavy atom. The van der Waals surface area contributed by atoms with Crippen LogP contribution in [-0.2, 0) is 6.54 Å². The van der Waals surface area contributed by atoms with Gasteiger partial charge in [0, 0.05) is 30.7 Å². The average molecular weight is 322 g/mol. The molecule has 0 aromatic carbocycles. The molecule has 2 heterocycles. The summed E-state index contributed by atoms with van der Waals surface area (Å²) in [5, 5.41) is 11.1. The molecule has 5 nitrogen and oxygen atoms in total. The monoisotopic (exact) mass is 321 g/mol. The number of allylic oxidation sites excluding steroid dienone is 3. The summed E-state index contributed by atoms with van der Waals surface area (Å²) in [6.07, 6.45) is 11.0. The summed E-state index contributed by atoms with van der Waals surface area (Å²) < 4.78 is 0. The molecule has 0 bridgehead atoms. The van der Waals surface area contributed by atoms with E-state index in [1.165, 1.54) is 6.08 Å². The molecule has 1 unspecified atom stereocenters. The van der Waals surface area contributed by atoms with Gasteiger partial charge in [-0.15, -0.1) is 0 Å². The first-order valence-electron chi connectivity index (χ1n) is 7.48. The molecule has 0 amide bonds. The Bertz CT molecular complexity index is 572. The number of nitrogens with zero attached hydrogens (tertiary/aromatic N) is 3. The highest BCUT2D eigenvalue weighted by molar-refractivity contribution is 6.22. The van der Waals surface area contributed by atoms with E-state index >= 15 is 0 Å². The predicted molar refractivity (Wildman–Crippen MR) is 86.7 cm³/mol. The van der Waals surface area contributed by atoms with Crippen LogP contribution in [0.5, 0.6) is 0 Å². The first-order chi connectivity index (χ1) is 10.6. The highest BCUT2D eigenvalue weighted by Gasteiger charge is 2.32. The van der Waals surface area contributed by atoms with Crippen LogP contribution in [0.3, 0.4) is 0 Å². The van der Waals surface area contributed by atoms with Crippen molar-refractivity contribution in [2.45, 2.75) is 44.7 Å². The molecule has 1 aromatic rings. The smallest absolute Gasteiger partial charge is 0.283 e. The highest BCUT2D eigenvalue weighted by Crippen LogP contribution is 2.30. The quantitative estimate of drug-likeness (QED) is 0.249. The number of aromatic nitrogens is 1. The van der Waals surface area contributed by atoms with E-state index in [1.807, 2.05) is 23.1 Å². The van der Waals surface area contributed by atoms with Crippen LogP contribution in [0.4, 0.5) is 0 Å². The van der Waals surface area contributed by atoms with Crippen molar-refractivity contribution in [1.29, 1.82) is 0 Å². The number of hydrogen-bond acceptors (Lipinski definition) is 4. The van der Waals surface area contributed by atoms with Crippen molar-refractivity contribution in [3.8, 4) is 0 Å². The van der Waals surface area contributed by atoms with Crippen molar-refractivity contribution < 1.29 is 4.92 Å². The molecule has 6 heteroatoms. The number of alkyl halides is 1. The van der Waals surface area contributed by atoms with Gasteiger partial charge in [0.2, 0.25) is 0 Å². The fourth-order valence-electron chi connectivity index (χ4n) is 2.46. The van der Waals surface area contributed by atoms with Crippen molar-refractivity contribution in [3.63, 3.8) is 0 Å². The molecule has 0 radical (unpaired) electrons. The van der Waals surface area contributed by atoms with Crippen LogP contribution in [-0.4, -0.2) is 20.3 Å². The molecule has 22 heavy (non-hydrogen) atoms. The third-order valence-electron chi connectivity index (χ3n) is 3.66. The maximum absolute atomic E-state index is 11.1. The fraction of sp³-hybridized carbons (Fsp3) is 0.438. The number of pyridine rings is 1. The van der Waals surface area contributed by atoms with Crippen molar-refractivity contribution in [2.24, 2.45) is 0 Å². The summed E-state index contributed by atoms with van der Waals surface area (Å²) in [4.78, 5) is 16.7. The van der Waals surface area contributed by atoms with Crippen LogP contribution in [0, 0.1) is 10.1 Å². The minimum atomic E-state index is -0.753. The molecule has 0 fully saturated rings. The van der Waals surface area contributed by atoms with Gasteiger partial charge in [-0.05, 0) is 30.5 Å². The van der Waals surface area contributed by atoms with E-state index in [2.05, 4.69) is 11.9 Å². The van der Waals surface area contributed by atoms with Crippen LogP contribution >= 0.6 is 11.6 Å². The zero-order valence-corrected chi connectivity index (χ0v) is 13.4. The zero-order valence-electron chi connectivity index (χ0n) is 12.6. The van der Waals surface area contributed by atoms with E-state index in [4.69, 9.17) is 11.6 Å². The zero-order chi connectivity index (χ0) is 15.9. The molecule has 0 aliphatic carbocycles. The normalized spacial score (nSPS) is 17.9. The number of halogens is 1. The molecule has 1 atom stereocenters. The Morgan fingerprint density at radius 2 is 2.23 bits per heavy atom. The molecule has 1 aliphatic rings. The lowest BCUT2D eigenvalue weighted by atomic mass is 10.1. The minimum absolute atomic E-state index is 0.0183. The maximum Gasteiger partial charge on any atom is 0.283 e. The lowest BCUT2D eigenvalue weighted by Gasteiger charge is -2.32. The van der Waals surface area contributed by atoms with Crippen molar-refractivity contribution >= 4 is 11.6 Å². The van der Waals surface area contributed by atoms with E-state index in [9.17, 15) is 10.1 Å². The van der Waals surface area contributed by atoms with Gasteiger partial charge in [0.1, 0.15) is 0 Å². The van der Waals surface area contributed by atoms with E-state index in [0.29, 0.717) is 6.54 Å². The Balaban J connectivity index is 2.19. The highest BCUT2D eigenvalue weighted by atomic mass is 35.5. The Labute approximate surface area is 135 Å². The van der Waals surface area contributed by atoms with E-state index in [-0.39, 0.29) is 5.70 Å². The Morgan fingerprint density at radius 1 is 1.41 bits per heavy atom. The molecular formula is C16H20ClN3O2. The van der Waals surface area contributed by atoms with Gasteiger partial charge in [0.25, 0.3) is 5.70 Å². The lowest BCUT2D eigenvalue weighted by molar-refractivity contribution is -0.430. The molecule has 1 aromatic heterocycles. The minimum Gasteiger partial charge on any atom is -0.345 e. The first-order valence-corrected chi connectivity index (χ1v) is 7.92.